The number of nitrogens with one attached hydrogen (secondary N) is 1. The Hall–Kier alpha value is -1.49. The predicted octanol–water partition coefficient (Wildman–Crippen LogP) is 2.65. The molecule has 1 aromatic carbocycles. The summed E-state index contributed by atoms with van der Waals surface area (Å²) in [6.45, 7) is 3.65. The van der Waals surface area contributed by atoms with Gasteiger partial charge in [0.1, 0.15) is 0 Å². The molecule has 0 bridgehead atoms. The zero-order chi connectivity index (χ0) is 12.3. The highest BCUT2D eigenvalue weighted by Gasteiger charge is 1.99. The Labute approximate surface area is 109 Å². The number of nitrogens with zero attached hydrogens (tertiary/aromatic N) is 2. The number of rotatable bonds is 4. The van der Waals surface area contributed by atoms with Gasteiger partial charge in [0.15, 0.2) is 0 Å². The molecular formula is C12H15BrN4. The van der Waals surface area contributed by atoms with Gasteiger partial charge < -0.3 is 11.1 Å². The van der Waals surface area contributed by atoms with Crippen molar-refractivity contribution in [3.63, 3.8) is 0 Å². The van der Waals surface area contributed by atoms with Crippen LogP contribution in [0.1, 0.15) is 5.56 Å². The average Bonchev–Trinajstić information content (AvgIpc) is 2.68. The Kier molecular flexibility index (Phi) is 3.68. The molecule has 3 N–H and O–H groups in total. The highest BCUT2D eigenvalue weighted by Crippen LogP contribution is 2.22. The second-order valence-electron chi connectivity index (χ2n) is 3.94. The minimum absolute atomic E-state index is 0.746. The molecule has 0 saturated heterocycles. The van der Waals surface area contributed by atoms with Crippen molar-refractivity contribution in [2.24, 2.45) is 0 Å². The molecule has 2 aromatic rings. The van der Waals surface area contributed by atoms with Crippen LogP contribution in [0.15, 0.2) is 35.1 Å². The Morgan fingerprint density at radius 2 is 2.29 bits per heavy atom. The maximum Gasteiger partial charge on any atom is 0.0582 e. The van der Waals surface area contributed by atoms with Crippen molar-refractivity contribution in [3.8, 4) is 0 Å². The lowest BCUT2D eigenvalue weighted by Crippen LogP contribution is -2.11. The van der Waals surface area contributed by atoms with Crippen LogP contribution in [0.3, 0.4) is 0 Å². The van der Waals surface area contributed by atoms with Crippen molar-refractivity contribution in [2.45, 2.75) is 13.5 Å². The van der Waals surface area contributed by atoms with Crippen molar-refractivity contribution >= 4 is 27.3 Å². The number of nitrogen functional groups attached to an aromatic ring is 1. The molecule has 0 fully saturated rings. The van der Waals surface area contributed by atoms with Gasteiger partial charge in [-0.2, -0.15) is 5.10 Å². The van der Waals surface area contributed by atoms with Crippen molar-refractivity contribution in [1.29, 1.82) is 0 Å². The first kappa shape index (κ1) is 12.0. The fraction of sp³-hybridized carbons (Fsp3) is 0.250. The van der Waals surface area contributed by atoms with Crippen molar-refractivity contribution in [3.05, 3.63) is 40.6 Å². The summed E-state index contributed by atoms with van der Waals surface area (Å²) in [7, 11) is 0. The molecule has 5 heteroatoms. The number of hydrogen-bond acceptors (Lipinski definition) is 3. The number of benzene rings is 1. The van der Waals surface area contributed by atoms with Gasteiger partial charge in [0.2, 0.25) is 0 Å². The van der Waals surface area contributed by atoms with Crippen LogP contribution in [0.25, 0.3) is 0 Å². The monoisotopic (exact) mass is 294 g/mol. The minimum Gasteiger partial charge on any atom is -0.397 e. The molecule has 1 aromatic heterocycles. The van der Waals surface area contributed by atoms with E-state index in [0.29, 0.717) is 0 Å². The molecule has 0 saturated carbocycles. The summed E-state index contributed by atoms with van der Waals surface area (Å²) in [6.07, 6.45) is 3.88. The van der Waals surface area contributed by atoms with Crippen LogP contribution in [-0.4, -0.2) is 16.3 Å². The molecule has 0 aliphatic carbocycles. The number of hydrogen-bond donors (Lipinski definition) is 2. The van der Waals surface area contributed by atoms with Crippen molar-refractivity contribution in [2.75, 3.05) is 17.6 Å². The molecular weight excluding hydrogens is 280 g/mol. The third-order valence-corrected chi connectivity index (χ3v) is 2.93. The average molecular weight is 295 g/mol. The van der Waals surface area contributed by atoms with Crippen LogP contribution in [0.2, 0.25) is 0 Å². The summed E-state index contributed by atoms with van der Waals surface area (Å²) < 4.78 is 2.90. The first-order valence-electron chi connectivity index (χ1n) is 5.43. The van der Waals surface area contributed by atoms with Crippen molar-refractivity contribution in [1.82, 2.24) is 9.78 Å². The SMILES string of the molecule is Cc1cnn(CCNc2ccc(Br)cc2N)c1. The molecule has 17 heavy (non-hydrogen) atoms. The molecule has 0 spiro atoms. The standard InChI is InChI=1S/C12H15BrN4/c1-9-7-16-17(8-9)5-4-15-12-3-2-10(13)6-11(12)14/h2-3,6-8,15H,4-5,14H2,1H3. The summed E-state index contributed by atoms with van der Waals surface area (Å²) >= 11 is 3.38. The fourth-order valence-electron chi connectivity index (χ4n) is 1.59. The second-order valence-corrected chi connectivity index (χ2v) is 4.85. The van der Waals surface area contributed by atoms with E-state index in [1.165, 1.54) is 5.56 Å². The minimum atomic E-state index is 0.746. The third kappa shape index (κ3) is 3.23. The maximum absolute atomic E-state index is 5.89. The molecule has 4 nitrogen and oxygen atoms in total. The van der Waals surface area contributed by atoms with Crippen LogP contribution in [0.4, 0.5) is 11.4 Å². The molecule has 0 atom stereocenters. The first-order valence-corrected chi connectivity index (χ1v) is 6.22. The molecule has 2 rings (SSSR count). The zero-order valence-electron chi connectivity index (χ0n) is 9.65. The van der Waals surface area contributed by atoms with Gasteiger partial charge in [0.25, 0.3) is 0 Å². The van der Waals surface area contributed by atoms with Gasteiger partial charge in [-0.1, -0.05) is 15.9 Å². The Morgan fingerprint density at radius 3 is 2.94 bits per heavy atom. The van der Waals surface area contributed by atoms with Gasteiger partial charge >= 0.3 is 0 Å². The van der Waals surface area contributed by atoms with Crippen molar-refractivity contribution < 1.29 is 0 Å². The summed E-state index contributed by atoms with van der Waals surface area (Å²) in [6, 6.07) is 5.82. The quantitative estimate of drug-likeness (QED) is 0.853. The number of nitrogens with two attached hydrogens (primary N) is 1. The fourth-order valence-corrected chi connectivity index (χ4v) is 1.97. The third-order valence-electron chi connectivity index (χ3n) is 2.43. The molecule has 0 unspecified atom stereocenters. The van der Waals surface area contributed by atoms with Gasteiger partial charge in [-0.15, -0.1) is 0 Å². The summed E-state index contributed by atoms with van der Waals surface area (Å²) in [5, 5.41) is 7.51. The number of aromatic nitrogens is 2. The number of anilines is 2. The Morgan fingerprint density at radius 1 is 1.47 bits per heavy atom. The number of halogens is 1. The first-order chi connectivity index (χ1) is 8.15. The molecule has 0 aliphatic rings. The molecule has 0 radical (unpaired) electrons. The highest BCUT2D eigenvalue weighted by molar-refractivity contribution is 9.10. The predicted molar refractivity (Wildman–Crippen MR) is 74.0 cm³/mol. The lowest BCUT2D eigenvalue weighted by Gasteiger charge is -2.09. The van der Waals surface area contributed by atoms with Gasteiger partial charge in [-0.3, -0.25) is 4.68 Å². The van der Waals surface area contributed by atoms with E-state index in [0.717, 1.165) is 28.9 Å². The van der Waals surface area contributed by atoms with E-state index < -0.39 is 0 Å². The highest BCUT2D eigenvalue weighted by atomic mass is 79.9. The molecule has 90 valence electrons. The van der Waals surface area contributed by atoms with Crippen LogP contribution in [-0.2, 0) is 6.54 Å². The summed E-state index contributed by atoms with van der Waals surface area (Å²) in [5.74, 6) is 0. The van der Waals surface area contributed by atoms with E-state index in [9.17, 15) is 0 Å². The van der Waals surface area contributed by atoms with E-state index in [4.69, 9.17) is 5.73 Å². The van der Waals surface area contributed by atoms with E-state index >= 15 is 0 Å². The molecule has 0 aliphatic heterocycles. The summed E-state index contributed by atoms with van der Waals surface area (Å²) in [5.41, 5.74) is 8.77. The smallest absolute Gasteiger partial charge is 0.0582 e. The summed E-state index contributed by atoms with van der Waals surface area (Å²) in [4.78, 5) is 0. The van der Waals surface area contributed by atoms with E-state index in [1.54, 1.807) is 0 Å². The van der Waals surface area contributed by atoms with Gasteiger partial charge in [-0.05, 0) is 30.7 Å². The Balaban J connectivity index is 1.90. The van der Waals surface area contributed by atoms with Crippen LogP contribution in [0.5, 0.6) is 0 Å². The largest absolute Gasteiger partial charge is 0.397 e. The van der Waals surface area contributed by atoms with Gasteiger partial charge in [0.05, 0.1) is 24.1 Å². The van der Waals surface area contributed by atoms with E-state index in [1.807, 2.05) is 42.2 Å². The zero-order valence-corrected chi connectivity index (χ0v) is 11.2. The molecule has 0 amide bonds. The van der Waals surface area contributed by atoms with E-state index in [2.05, 4.69) is 26.3 Å². The van der Waals surface area contributed by atoms with Crippen LogP contribution >= 0.6 is 15.9 Å². The van der Waals surface area contributed by atoms with Crippen LogP contribution in [0, 0.1) is 6.92 Å². The number of aryl methyl sites for hydroxylation is 1. The van der Waals surface area contributed by atoms with Gasteiger partial charge in [0, 0.05) is 17.2 Å². The second kappa shape index (κ2) is 5.23. The van der Waals surface area contributed by atoms with Crippen LogP contribution < -0.4 is 11.1 Å². The normalized spacial score (nSPS) is 10.5. The van der Waals surface area contributed by atoms with E-state index in [-0.39, 0.29) is 0 Å². The van der Waals surface area contributed by atoms with Gasteiger partial charge in [-0.25, -0.2) is 0 Å². The topological polar surface area (TPSA) is 55.9 Å². The lowest BCUT2D eigenvalue weighted by molar-refractivity contribution is 0.637. The lowest BCUT2D eigenvalue weighted by atomic mass is 10.3. The Bertz CT molecular complexity index is 507. The molecule has 1 heterocycles. The maximum atomic E-state index is 5.89.